The Morgan fingerprint density at radius 3 is 1.20 bits per heavy atom. The minimum Gasteiger partial charge on any atom is -0.486 e. The van der Waals surface area contributed by atoms with Gasteiger partial charge in [0.25, 0.3) is 0 Å². The normalized spacial score (nSPS) is 35.2. The molecule has 8 saturated carbocycles. The molecule has 8 aliphatic carbocycles. The Labute approximate surface area is 554 Å². The number of hydrogen-bond donors (Lipinski definition) is 2. The zero-order valence-electron chi connectivity index (χ0n) is 58.3. The van der Waals surface area contributed by atoms with Crippen LogP contribution in [0.3, 0.4) is 0 Å². The van der Waals surface area contributed by atoms with Crippen LogP contribution in [-0.4, -0.2) is 32.1 Å². The van der Waals surface area contributed by atoms with Gasteiger partial charge >= 0.3 is 0 Å². The molecule has 0 spiro atoms. The zero-order chi connectivity index (χ0) is 63.3. The summed E-state index contributed by atoms with van der Waals surface area (Å²) in [5.41, 5.74) is 13.7. The first-order chi connectivity index (χ1) is 44.5. The van der Waals surface area contributed by atoms with Crippen molar-refractivity contribution in [2.75, 3.05) is 0 Å². The molecule has 5 heterocycles. The van der Waals surface area contributed by atoms with Crippen molar-refractivity contribution in [1.29, 1.82) is 0 Å². The molecule has 0 saturated heterocycles. The molecule has 2 aromatic carbocycles. The van der Waals surface area contributed by atoms with Crippen molar-refractivity contribution in [2.24, 2.45) is 105 Å². The van der Waals surface area contributed by atoms with Gasteiger partial charge in [0.2, 0.25) is 0 Å². The lowest BCUT2D eigenvalue weighted by Crippen LogP contribution is -2.54. The largest absolute Gasteiger partial charge is 0.486 e. The van der Waals surface area contributed by atoms with E-state index < -0.39 is 0 Å². The van der Waals surface area contributed by atoms with E-state index in [1.807, 2.05) is 0 Å². The van der Waals surface area contributed by atoms with Crippen LogP contribution in [0.1, 0.15) is 246 Å². The van der Waals surface area contributed by atoms with Crippen molar-refractivity contribution in [1.82, 2.24) is 19.9 Å². The quantitative estimate of drug-likeness (QED) is 0.101. The molecule has 15 rings (SSSR count). The molecule has 0 unspecified atom stereocenters. The third-order valence-corrected chi connectivity index (χ3v) is 29.0. The van der Waals surface area contributed by atoms with Crippen molar-refractivity contribution in [2.45, 2.75) is 236 Å². The van der Waals surface area contributed by atoms with E-state index in [1.165, 1.54) is 128 Å². The molecule has 0 radical (unpaired) electrons. The van der Waals surface area contributed by atoms with Gasteiger partial charge < -0.3 is 19.4 Å². The maximum Gasteiger partial charge on any atom is 0.168 e. The molecule has 2 aliphatic heterocycles. The molecule has 6 nitrogen and oxygen atoms in total. The lowest BCUT2D eigenvalue weighted by atomic mass is 9.44. The number of nitrogens with zero attached hydrogens (tertiary/aromatic N) is 2. The van der Waals surface area contributed by atoms with Crippen LogP contribution in [0.15, 0.2) is 84.9 Å². The summed E-state index contributed by atoms with van der Waals surface area (Å²) in [7, 11) is 0. The highest BCUT2D eigenvalue weighted by molar-refractivity contribution is 5.95. The fraction of sp³-hybridized carbons (Fsp3) is 0.628. The van der Waals surface area contributed by atoms with Crippen LogP contribution in [0.25, 0.3) is 68.6 Å². The van der Waals surface area contributed by atoms with E-state index in [1.54, 1.807) is 0 Å². The number of fused-ring (bicyclic) bond motifs is 18. The minimum absolute atomic E-state index is 0.109. The summed E-state index contributed by atoms with van der Waals surface area (Å²) in [4.78, 5) is 19.3. The fourth-order valence-corrected chi connectivity index (χ4v) is 24.3. The first kappa shape index (κ1) is 62.7. The van der Waals surface area contributed by atoms with Gasteiger partial charge in [0.15, 0.2) is 11.5 Å². The molecule has 8 bridgehead atoms. The Kier molecular flexibility index (Phi) is 17.1. The molecule has 8 fully saturated rings. The second kappa shape index (κ2) is 25.0. The Hall–Kier alpha value is -5.36. The maximum atomic E-state index is 7.63. The summed E-state index contributed by atoms with van der Waals surface area (Å²) in [6.45, 7) is 25.8. The smallest absolute Gasteiger partial charge is 0.168 e. The van der Waals surface area contributed by atoms with Crippen LogP contribution < -0.4 is 9.47 Å². The van der Waals surface area contributed by atoms with Crippen molar-refractivity contribution in [3.05, 3.63) is 108 Å². The Morgan fingerprint density at radius 2 is 0.783 bits per heavy atom. The summed E-state index contributed by atoms with van der Waals surface area (Å²) >= 11 is 0. The molecule has 18 atom stereocenters. The van der Waals surface area contributed by atoms with Crippen LogP contribution >= 0.6 is 0 Å². The van der Waals surface area contributed by atoms with Gasteiger partial charge in [-0.15, -0.1) is 0 Å². The molecule has 6 heteroatoms. The van der Waals surface area contributed by atoms with E-state index >= 15 is 0 Å². The third kappa shape index (κ3) is 11.1. The first-order valence-corrected chi connectivity index (χ1v) is 38.1. The predicted octanol–water partition coefficient (Wildman–Crippen LogP) is 23.7. The molecule has 10 aliphatic rings. The van der Waals surface area contributed by atoms with Gasteiger partial charge in [0.05, 0.1) is 34.6 Å². The topological polar surface area (TPSA) is 75.8 Å². The number of rotatable bonds is 16. The summed E-state index contributed by atoms with van der Waals surface area (Å²) in [6.07, 6.45) is 41.4. The fourth-order valence-electron chi connectivity index (χ4n) is 24.3. The van der Waals surface area contributed by atoms with Gasteiger partial charge in [-0.05, 0) is 280 Å². The van der Waals surface area contributed by atoms with Crippen LogP contribution in [-0.2, 0) is 0 Å². The van der Waals surface area contributed by atoms with E-state index in [0.717, 1.165) is 175 Å². The number of hydrogen-bond acceptors (Lipinski definition) is 4. The van der Waals surface area contributed by atoms with Crippen molar-refractivity contribution in [3.63, 3.8) is 0 Å². The number of ether oxygens (including phenoxy) is 2. The Bertz CT molecular complexity index is 3460. The van der Waals surface area contributed by atoms with E-state index in [2.05, 4.69) is 188 Å². The van der Waals surface area contributed by atoms with Crippen molar-refractivity contribution in [3.8, 4) is 33.8 Å². The molecule has 3 aromatic heterocycles. The highest BCUT2D eigenvalue weighted by Gasteiger charge is 2.63. The average molecular weight is 1240 g/mol. The number of aromatic amines is 2. The number of nitrogens with one attached hydrogen (secondary N) is 2. The van der Waals surface area contributed by atoms with Crippen LogP contribution in [0.2, 0.25) is 0 Å². The van der Waals surface area contributed by atoms with Gasteiger partial charge in [-0.1, -0.05) is 168 Å². The zero-order valence-corrected chi connectivity index (χ0v) is 58.3. The third-order valence-electron chi connectivity index (χ3n) is 29.0. The van der Waals surface area contributed by atoms with Crippen LogP contribution in [0, 0.1) is 105 Å². The Morgan fingerprint density at radius 1 is 0.402 bits per heavy atom. The minimum atomic E-state index is 0.109. The van der Waals surface area contributed by atoms with Gasteiger partial charge in [-0.3, -0.25) is 0 Å². The second-order valence-corrected chi connectivity index (χ2v) is 34.5. The van der Waals surface area contributed by atoms with Crippen molar-refractivity contribution < 1.29 is 9.47 Å². The molecule has 490 valence electrons. The highest BCUT2D eigenvalue weighted by Crippen LogP contribution is 2.71. The average Bonchev–Trinajstić information content (AvgIpc) is 1.31. The number of benzene rings is 2. The number of aromatic nitrogens is 4. The SMILES string of the molecule is CC(C)CCC[C@@H](C)[C@H]1CC[C@H]2[C@@H]3CC[C@H]4C[C@@H](Oc5c6nc(c(-c7ccccc7)c7ccc([nH]7)c(O[C@H]7CC[C@@]8(C)[C@@H](CC[C@@H]9[C@@H]8CC[C@]8(C)[C@@H]([C@H](C)CCCC(C)C)CC[C@@H]98)C7)c7nc(c(-c8ccccc8)c8ccc5[nH]8)C=C7)C=C6)CC[C@]4(C)[C@H]3CC[C@]12C. The Balaban J connectivity index is 0.744. The van der Waals surface area contributed by atoms with E-state index in [-0.39, 0.29) is 12.2 Å². The summed E-state index contributed by atoms with van der Waals surface area (Å²) in [5, 5.41) is 0. The lowest BCUT2D eigenvalue weighted by molar-refractivity contribution is -0.126. The number of H-pyrrole nitrogens is 2. The van der Waals surface area contributed by atoms with Crippen LogP contribution in [0.5, 0.6) is 11.5 Å². The molecule has 5 aromatic rings. The van der Waals surface area contributed by atoms with Crippen LogP contribution in [0.4, 0.5) is 0 Å². The van der Waals surface area contributed by atoms with E-state index in [4.69, 9.17) is 19.4 Å². The second-order valence-electron chi connectivity index (χ2n) is 34.5. The van der Waals surface area contributed by atoms with Crippen molar-refractivity contribution >= 4 is 46.4 Å². The first-order valence-electron chi connectivity index (χ1n) is 38.1. The summed E-state index contributed by atoms with van der Waals surface area (Å²) in [6, 6.07) is 30.8. The summed E-state index contributed by atoms with van der Waals surface area (Å²) < 4.78 is 15.3. The maximum absolute atomic E-state index is 7.63. The van der Waals surface area contributed by atoms with Gasteiger partial charge in [0, 0.05) is 22.2 Å². The standard InChI is InChI=1S/C86H114N4O2/c1-53(2)19-17-21-55(5)65-31-33-67-63-29-27-59-51-61(43-47-83(59,7)69(63)45-49-85(65,67)9)91-81-75-39-35-71(87-75)79(57-23-13-11-14-24-57)73-37-41-77(89-73)82(78-42-38-74(90-78)80(58-25-15-12-16-26-58)72-36-40-76(81)88-72)92-62-44-48-84(8)60(52-62)28-30-64-68-34-32-66(56(6)22-18-20-54(3)4)86(68,10)50-46-70(64)84/h11-16,23-26,35-42,53-56,59-70,87,90H,17-22,27-34,43-52H2,1-10H3/t55-,56-,59+,60+,61+,62+,63+,64+,65-,66-,67+,68+,69+,70+,83+,84+,85-,86-/m1/s1. The van der Waals surface area contributed by atoms with E-state index in [9.17, 15) is 0 Å². The monoisotopic (exact) mass is 1230 g/mol. The van der Waals surface area contributed by atoms with Gasteiger partial charge in [0.1, 0.15) is 11.4 Å². The summed E-state index contributed by atoms with van der Waals surface area (Å²) in [5.74, 6) is 13.3. The van der Waals surface area contributed by atoms with E-state index in [0.29, 0.717) is 33.5 Å². The molecule has 0 amide bonds. The van der Waals surface area contributed by atoms with Gasteiger partial charge in [-0.25, -0.2) is 9.97 Å². The van der Waals surface area contributed by atoms with Gasteiger partial charge in [-0.2, -0.15) is 0 Å². The molecular weight excluding hydrogens is 1120 g/mol. The predicted molar refractivity (Wildman–Crippen MR) is 385 cm³/mol. The molecule has 92 heavy (non-hydrogen) atoms. The molecule has 2 N–H and O–H groups in total. The molecular formula is C86H114N4O2. The lowest BCUT2D eigenvalue weighted by Gasteiger charge is -2.61. The highest BCUT2D eigenvalue weighted by atomic mass is 16.5.